The SMILES string of the molecule is CS[C@H](C(=O)O)C(C)(C)C. The van der Waals surface area contributed by atoms with E-state index >= 15 is 0 Å². The van der Waals surface area contributed by atoms with Crippen LogP contribution in [0.3, 0.4) is 0 Å². The van der Waals surface area contributed by atoms with Gasteiger partial charge in [-0.05, 0) is 11.7 Å². The lowest BCUT2D eigenvalue weighted by molar-refractivity contribution is -0.138. The lowest BCUT2D eigenvalue weighted by Gasteiger charge is -2.24. The molecule has 0 aromatic carbocycles. The molecule has 1 N–H and O–H groups in total. The first kappa shape index (κ1) is 9.82. The summed E-state index contributed by atoms with van der Waals surface area (Å²) in [6.07, 6.45) is 1.82. The Balaban J connectivity index is 4.22. The number of aliphatic carboxylic acids is 1. The predicted molar refractivity (Wildman–Crippen MR) is 44.4 cm³/mol. The Morgan fingerprint density at radius 1 is 1.50 bits per heavy atom. The Morgan fingerprint density at radius 2 is 1.90 bits per heavy atom. The van der Waals surface area contributed by atoms with Gasteiger partial charge in [-0.25, -0.2) is 0 Å². The van der Waals surface area contributed by atoms with Gasteiger partial charge in [0.15, 0.2) is 0 Å². The smallest absolute Gasteiger partial charge is 0.317 e. The fourth-order valence-electron chi connectivity index (χ4n) is 0.825. The number of thioether (sulfide) groups is 1. The molecule has 0 aliphatic rings. The molecule has 0 aliphatic heterocycles. The van der Waals surface area contributed by atoms with Gasteiger partial charge in [-0.1, -0.05) is 20.8 Å². The van der Waals surface area contributed by atoms with Crippen molar-refractivity contribution in [2.75, 3.05) is 6.26 Å². The van der Waals surface area contributed by atoms with Crippen LogP contribution < -0.4 is 0 Å². The van der Waals surface area contributed by atoms with Gasteiger partial charge in [0.1, 0.15) is 5.25 Å². The van der Waals surface area contributed by atoms with E-state index in [1.54, 1.807) is 0 Å². The summed E-state index contributed by atoms with van der Waals surface area (Å²) in [5.74, 6) is -0.722. The third kappa shape index (κ3) is 2.60. The highest BCUT2D eigenvalue weighted by molar-refractivity contribution is 7.99. The van der Waals surface area contributed by atoms with Gasteiger partial charge in [-0.3, -0.25) is 4.79 Å². The van der Waals surface area contributed by atoms with Gasteiger partial charge in [0.2, 0.25) is 0 Å². The van der Waals surface area contributed by atoms with Crippen molar-refractivity contribution < 1.29 is 9.90 Å². The second-order valence-electron chi connectivity index (χ2n) is 3.32. The molecule has 0 radical (unpaired) electrons. The molecule has 2 nitrogen and oxygen atoms in total. The number of hydrogen-bond donors (Lipinski definition) is 1. The molecule has 1 atom stereocenters. The number of carbonyl (C=O) groups is 1. The maximum Gasteiger partial charge on any atom is 0.317 e. The van der Waals surface area contributed by atoms with E-state index in [4.69, 9.17) is 5.11 Å². The van der Waals surface area contributed by atoms with Crippen LogP contribution in [0.1, 0.15) is 20.8 Å². The van der Waals surface area contributed by atoms with Gasteiger partial charge in [0, 0.05) is 0 Å². The molecule has 0 aromatic heterocycles. The van der Waals surface area contributed by atoms with Crippen molar-refractivity contribution in [1.82, 2.24) is 0 Å². The second-order valence-corrected chi connectivity index (χ2v) is 4.26. The van der Waals surface area contributed by atoms with Crippen molar-refractivity contribution >= 4 is 17.7 Å². The Hall–Kier alpha value is -0.180. The summed E-state index contributed by atoms with van der Waals surface area (Å²) in [4.78, 5) is 10.6. The van der Waals surface area contributed by atoms with Crippen molar-refractivity contribution in [3.05, 3.63) is 0 Å². The molecule has 0 fully saturated rings. The molecule has 0 rings (SSSR count). The molecule has 0 spiro atoms. The molecule has 0 bridgehead atoms. The maximum absolute atomic E-state index is 10.6. The van der Waals surface area contributed by atoms with E-state index < -0.39 is 5.97 Å². The summed E-state index contributed by atoms with van der Waals surface area (Å²) in [6, 6.07) is 0. The first-order chi connectivity index (χ1) is 4.39. The molecule has 0 unspecified atom stereocenters. The summed E-state index contributed by atoms with van der Waals surface area (Å²) in [7, 11) is 0. The molecule has 10 heavy (non-hydrogen) atoms. The van der Waals surface area contributed by atoms with E-state index in [0.717, 1.165) is 0 Å². The third-order valence-electron chi connectivity index (χ3n) is 1.25. The lowest BCUT2D eigenvalue weighted by atomic mass is 9.92. The van der Waals surface area contributed by atoms with Gasteiger partial charge in [-0.2, -0.15) is 0 Å². The zero-order valence-corrected chi connectivity index (χ0v) is 7.66. The maximum atomic E-state index is 10.6. The minimum atomic E-state index is -0.722. The van der Waals surface area contributed by atoms with Crippen molar-refractivity contribution in [1.29, 1.82) is 0 Å². The van der Waals surface area contributed by atoms with Crippen LogP contribution in [0.15, 0.2) is 0 Å². The molecule has 3 heteroatoms. The van der Waals surface area contributed by atoms with E-state index in [9.17, 15) is 4.79 Å². The van der Waals surface area contributed by atoms with Crippen LogP contribution >= 0.6 is 11.8 Å². The normalized spacial score (nSPS) is 14.8. The highest BCUT2D eigenvalue weighted by atomic mass is 32.2. The lowest BCUT2D eigenvalue weighted by Crippen LogP contribution is -2.30. The van der Waals surface area contributed by atoms with E-state index in [0.29, 0.717) is 0 Å². The molecule has 0 heterocycles. The number of hydrogen-bond acceptors (Lipinski definition) is 2. The predicted octanol–water partition coefficient (Wildman–Crippen LogP) is 1.85. The van der Waals surface area contributed by atoms with E-state index in [1.165, 1.54) is 11.8 Å². The van der Waals surface area contributed by atoms with Crippen LogP contribution in [0.2, 0.25) is 0 Å². The van der Waals surface area contributed by atoms with Crippen LogP contribution in [-0.4, -0.2) is 22.6 Å². The van der Waals surface area contributed by atoms with Crippen LogP contribution in [0.5, 0.6) is 0 Å². The number of carboxylic acid groups (broad SMARTS) is 1. The fourth-order valence-corrected chi connectivity index (χ4v) is 1.73. The first-order valence-corrected chi connectivity index (χ1v) is 4.44. The summed E-state index contributed by atoms with van der Waals surface area (Å²) in [5.41, 5.74) is -0.148. The third-order valence-corrected chi connectivity index (χ3v) is 2.63. The number of rotatable bonds is 2. The van der Waals surface area contributed by atoms with Crippen LogP contribution in [0.4, 0.5) is 0 Å². The molecule has 0 aromatic rings. The Morgan fingerprint density at radius 3 is 1.90 bits per heavy atom. The highest BCUT2D eigenvalue weighted by Gasteiger charge is 2.29. The molecular weight excluding hydrogens is 148 g/mol. The quantitative estimate of drug-likeness (QED) is 0.673. The van der Waals surface area contributed by atoms with E-state index in [1.807, 2.05) is 27.0 Å². The molecule has 0 saturated heterocycles. The van der Waals surface area contributed by atoms with Crippen molar-refractivity contribution in [2.45, 2.75) is 26.0 Å². The zero-order valence-electron chi connectivity index (χ0n) is 6.84. The first-order valence-electron chi connectivity index (χ1n) is 3.15. The molecule has 60 valence electrons. The summed E-state index contributed by atoms with van der Waals surface area (Å²) >= 11 is 1.39. The molecule has 0 aliphatic carbocycles. The van der Waals surface area contributed by atoms with Crippen LogP contribution in [0, 0.1) is 5.41 Å². The van der Waals surface area contributed by atoms with Gasteiger partial charge in [0.25, 0.3) is 0 Å². The zero-order chi connectivity index (χ0) is 8.36. The van der Waals surface area contributed by atoms with E-state index in [2.05, 4.69) is 0 Å². The van der Waals surface area contributed by atoms with Gasteiger partial charge >= 0.3 is 5.97 Å². The van der Waals surface area contributed by atoms with Crippen molar-refractivity contribution in [2.24, 2.45) is 5.41 Å². The Labute approximate surface area is 66.0 Å². The standard InChI is InChI=1S/C7H14O2S/c1-7(2,3)5(10-4)6(8)9/h5H,1-4H3,(H,8,9)/t5-/m1/s1. The summed E-state index contributed by atoms with van der Waals surface area (Å²) in [5, 5.41) is 8.39. The Bertz CT molecular complexity index is 126. The number of carboxylic acids is 1. The molecule has 0 saturated carbocycles. The molecule has 0 amide bonds. The average molecular weight is 162 g/mol. The minimum absolute atomic E-state index is 0.148. The summed E-state index contributed by atoms with van der Waals surface area (Å²) in [6.45, 7) is 5.80. The Kier molecular flexibility index (Phi) is 3.22. The average Bonchev–Trinajstić information content (AvgIpc) is 1.60. The van der Waals surface area contributed by atoms with Crippen LogP contribution in [0.25, 0.3) is 0 Å². The second kappa shape index (κ2) is 3.28. The molecular formula is C7H14O2S. The van der Waals surface area contributed by atoms with E-state index in [-0.39, 0.29) is 10.7 Å². The van der Waals surface area contributed by atoms with Crippen molar-refractivity contribution in [3.8, 4) is 0 Å². The topological polar surface area (TPSA) is 37.3 Å². The van der Waals surface area contributed by atoms with Crippen LogP contribution in [-0.2, 0) is 4.79 Å². The van der Waals surface area contributed by atoms with Gasteiger partial charge in [-0.15, -0.1) is 11.8 Å². The van der Waals surface area contributed by atoms with Crippen molar-refractivity contribution in [3.63, 3.8) is 0 Å². The minimum Gasteiger partial charge on any atom is -0.480 e. The largest absolute Gasteiger partial charge is 0.480 e. The van der Waals surface area contributed by atoms with Gasteiger partial charge in [0.05, 0.1) is 0 Å². The fraction of sp³-hybridized carbons (Fsp3) is 0.857. The monoisotopic (exact) mass is 162 g/mol. The summed E-state index contributed by atoms with van der Waals surface area (Å²) < 4.78 is 0. The van der Waals surface area contributed by atoms with Gasteiger partial charge < -0.3 is 5.11 Å². The highest BCUT2D eigenvalue weighted by Crippen LogP contribution is 2.28.